The number of hydrogen-bond donors (Lipinski definition) is 2. The number of piperidine rings is 1. The third-order valence-corrected chi connectivity index (χ3v) is 3.64. The number of carbonyl (C=O) groups excluding carboxylic acids is 1. The Labute approximate surface area is 124 Å². The summed E-state index contributed by atoms with van der Waals surface area (Å²) in [5, 5.41) is 11.9. The van der Waals surface area contributed by atoms with Crippen LogP contribution >= 0.6 is 0 Å². The Kier molecular flexibility index (Phi) is 4.77. The number of carboxylic acids is 1. The van der Waals surface area contributed by atoms with Crippen LogP contribution in [0.5, 0.6) is 0 Å². The number of nitrogens with zero attached hydrogens (tertiary/aromatic N) is 2. The van der Waals surface area contributed by atoms with Crippen molar-refractivity contribution in [2.45, 2.75) is 33.2 Å². The molecule has 0 aromatic carbocycles. The van der Waals surface area contributed by atoms with Crippen LogP contribution in [-0.2, 0) is 11.3 Å². The van der Waals surface area contributed by atoms with E-state index in [-0.39, 0.29) is 12.6 Å². The quantitative estimate of drug-likeness (QED) is 0.888. The molecule has 2 amide bonds. The highest BCUT2D eigenvalue weighted by Crippen LogP contribution is 2.16. The van der Waals surface area contributed by atoms with Crippen LogP contribution in [0.15, 0.2) is 12.1 Å². The highest BCUT2D eigenvalue weighted by molar-refractivity contribution is 5.76. The fourth-order valence-corrected chi connectivity index (χ4v) is 2.68. The lowest BCUT2D eigenvalue weighted by Crippen LogP contribution is -2.46. The third kappa shape index (κ3) is 4.18. The number of rotatable bonds is 3. The number of pyridine rings is 1. The molecule has 2 heterocycles. The molecule has 6 heteroatoms. The number of urea groups is 1. The predicted molar refractivity (Wildman–Crippen MR) is 77.9 cm³/mol. The van der Waals surface area contributed by atoms with Crippen LogP contribution in [0.3, 0.4) is 0 Å². The van der Waals surface area contributed by atoms with Crippen LogP contribution in [0.4, 0.5) is 4.79 Å². The van der Waals surface area contributed by atoms with Gasteiger partial charge in [0.25, 0.3) is 0 Å². The lowest BCUT2D eigenvalue weighted by atomic mass is 9.99. The number of hydrogen-bond acceptors (Lipinski definition) is 3. The minimum atomic E-state index is -0.826. The van der Waals surface area contributed by atoms with Gasteiger partial charge in [0.05, 0.1) is 5.92 Å². The van der Waals surface area contributed by atoms with Gasteiger partial charge in [-0.1, -0.05) is 0 Å². The lowest BCUT2D eigenvalue weighted by Gasteiger charge is -2.30. The van der Waals surface area contributed by atoms with Gasteiger partial charge in [-0.25, -0.2) is 4.79 Å². The number of aliphatic carboxylic acids is 1. The molecule has 0 saturated carbocycles. The summed E-state index contributed by atoms with van der Waals surface area (Å²) in [6.07, 6.45) is 1.37. The highest BCUT2D eigenvalue weighted by Gasteiger charge is 2.27. The Morgan fingerprint density at radius 2 is 2.05 bits per heavy atom. The van der Waals surface area contributed by atoms with Gasteiger partial charge < -0.3 is 15.3 Å². The average Bonchev–Trinajstić information content (AvgIpc) is 2.44. The maximum Gasteiger partial charge on any atom is 0.317 e. The van der Waals surface area contributed by atoms with Crippen LogP contribution in [0.1, 0.15) is 29.8 Å². The molecule has 2 N–H and O–H groups in total. The Bertz CT molecular complexity index is 525. The largest absolute Gasteiger partial charge is 0.481 e. The van der Waals surface area contributed by atoms with Crippen LogP contribution in [0, 0.1) is 19.8 Å². The van der Waals surface area contributed by atoms with E-state index in [9.17, 15) is 9.59 Å². The maximum atomic E-state index is 12.1. The van der Waals surface area contributed by atoms with E-state index in [1.54, 1.807) is 4.90 Å². The molecule has 6 nitrogen and oxygen atoms in total. The molecule has 1 aromatic heterocycles. The summed E-state index contributed by atoms with van der Waals surface area (Å²) >= 11 is 0. The fourth-order valence-electron chi connectivity index (χ4n) is 2.68. The topological polar surface area (TPSA) is 82.5 Å². The van der Waals surface area contributed by atoms with Gasteiger partial charge in [-0.15, -0.1) is 0 Å². The van der Waals surface area contributed by atoms with Crippen molar-refractivity contribution in [3.8, 4) is 0 Å². The average molecular weight is 291 g/mol. The van der Waals surface area contributed by atoms with E-state index in [1.165, 1.54) is 0 Å². The number of likely N-dealkylation sites (tertiary alicyclic amines) is 1. The maximum absolute atomic E-state index is 12.1. The summed E-state index contributed by atoms with van der Waals surface area (Å²) in [6, 6.07) is 3.67. The first-order chi connectivity index (χ1) is 9.95. The van der Waals surface area contributed by atoms with Crippen molar-refractivity contribution < 1.29 is 14.7 Å². The number of carboxylic acid groups (broad SMARTS) is 1. The minimum Gasteiger partial charge on any atom is -0.481 e. The summed E-state index contributed by atoms with van der Waals surface area (Å²) < 4.78 is 0. The zero-order chi connectivity index (χ0) is 15.4. The monoisotopic (exact) mass is 291 g/mol. The molecular formula is C15H21N3O3. The van der Waals surface area contributed by atoms with Crippen molar-refractivity contribution in [1.29, 1.82) is 0 Å². The highest BCUT2D eigenvalue weighted by atomic mass is 16.4. The van der Waals surface area contributed by atoms with E-state index >= 15 is 0 Å². The fraction of sp³-hybridized carbons (Fsp3) is 0.533. The van der Waals surface area contributed by atoms with Gasteiger partial charge in [-0.05, 0) is 44.4 Å². The molecule has 1 aromatic rings. The van der Waals surface area contributed by atoms with Crippen molar-refractivity contribution in [3.05, 3.63) is 29.1 Å². The van der Waals surface area contributed by atoms with Crippen molar-refractivity contribution in [1.82, 2.24) is 15.2 Å². The second-order valence-electron chi connectivity index (χ2n) is 5.54. The number of carbonyl (C=O) groups is 2. The Morgan fingerprint density at radius 3 is 2.67 bits per heavy atom. The Balaban J connectivity index is 1.90. The van der Waals surface area contributed by atoms with Crippen LogP contribution in [-0.4, -0.2) is 40.1 Å². The van der Waals surface area contributed by atoms with Gasteiger partial charge in [0.15, 0.2) is 0 Å². The van der Waals surface area contributed by atoms with E-state index in [0.29, 0.717) is 19.5 Å². The predicted octanol–water partition coefficient (Wildman–Crippen LogP) is 1.70. The molecule has 0 aliphatic carbocycles. The normalized spacial score (nSPS) is 18.4. The Hall–Kier alpha value is -2.11. The molecule has 1 unspecified atom stereocenters. The molecule has 0 radical (unpaired) electrons. The lowest BCUT2D eigenvalue weighted by molar-refractivity contribution is -0.143. The molecule has 21 heavy (non-hydrogen) atoms. The van der Waals surface area contributed by atoms with Gasteiger partial charge in [0, 0.05) is 31.0 Å². The van der Waals surface area contributed by atoms with Crippen LogP contribution < -0.4 is 5.32 Å². The first-order valence-electron chi connectivity index (χ1n) is 7.15. The molecular weight excluding hydrogens is 270 g/mol. The number of nitrogens with one attached hydrogen (secondary N) is 1. The van der Waals surface area contributed by atoms with Gasteiger partial charge in [-0.3, -0.25) is 9.78 Å². The third-order valence-electron chi connectivity index (χ3n) is 3.64. The van der Waals surface area contributed by atoms with Crippen LogP contribution in [0.2, 0.25) is 0 Å². The van der Waals surface area contributed by atoms with Gasteiger partial charge >= 0.3 is 12.0 Å². The minimum absolute atomic E-state index is 0.201. The summed E-state index contributed by atoms with van der Waals surface area (Å²) in [5.41, 5.74) is 2.84. The standard InChI is InChI=1S/C15H21N3O3/c1-10-6-12(7-11(2)17-10)8-16-15(21)18-5-3-4-13(9-18)14(19)20/h6-7,13H,3-5,8-9H2,1-2H3,(H,16,21)(H,19,20). The summed E-state index contributed by atoms with van der Waals surface area (Å²) in [6.45, 7) is 5.16. The van der Waals surface area contributed by atoms with E-state index in [2.05, 4.69) is 10.3 Å². The number of aromatic nitrogens is 1. The molecule has 1 fully saturated rings. The molecule has 1 aliphatic heterocycles. The number of aryl methyl sites for hydroxylation is 2. The zero-order valence-corrected chi connectivity index (χ0v) is 12.4. The van der Waals surface area contributed by atoms with Crippen LogP contribution in [0.25, 0.3) is 0 Å². The second kappa shape index (κ2) is 6.56. The molecule has 0 spiro atoms. The van der Waals surface area contributed by atoms with E-state index in [1.807, 2.05) is 26.0 Å². The molecule has 114 valence electrons. The summed E-state index contributed by atoms with van der Waals surface area (Å²) in [4.78, 5) is 29.0. The van der Waals surface area contributed by atoms with Crippen molar-refractivity contribution in [2.24, 2.45) is 5.92 Å². The van der Waals surface area contributed by atoms with E-state index < -0.39 is 11.9 Å². The molecule has 1 saturated heterocycles. The zero-order valence-electron chi connectivity index (χ0n) is 12.4. The van der Waals surface area contributed by atoms with E-state index in [0.717, 1.165) is 23.4 Å². The summed E-state index contributed by atoms with van der Waals surface area (Å²) in [5.74, 6) is -1.28. The van der Waals surface area contributed by atoms with Gasteiger partial charge in [0.2, 0.25) is 0 Å². The van der Waals surface area contributed by atoms with Crippen molar-refractivity contribution in [2.75, 3.05) is 13.1 Å². The molecule has 2 rings (SSSR count). The SMILES string of the molecule is Cc1cc(CNC(=O)N2CCCC(C(=O)O)C2)cc(C)n1. The van der Waals surface area contributed by atoms with Gasteiger partial charge in [-0.2, -0.15) is 0 Å². The molecule has 0 bridgehead atoms. The number of amides is 2. The summed E-state index contributed by atoms with van der Waals surface area (Å²) in [7, 11) is 0. The molecule has 1 atom stereocenters. The second-order valence-corrected chi connectivity index (χ2v) is 5.54. The first-order valence-corrected chi connectivity index (χ1v) is 7.15. The van der Waals surface area contributed by atoms with E-state index in [4.69, 9.17) is 5.11 Å². The first kappa shape index (κ1) is 15.3. The molecule has 1 aliphatic rings. The van der Waals surface area contributed by atoms with Gasteiger partial charge in [0.1, 0.15) is 0 Å². The van der Waals surface area contributed by atoms with Crippen molar-refractivity contribution in [3.63, 3.8) is 0 Å². The van der Waals surface area contributed by atoms with Crippen molar-refractivity contribution >= 4 is 12.0 Å². The smallest absolute Gasteiger partial charge is 0.317 e. The Morgan fingerprint density at radius 1 is 1.38 bits per heavy atom.